The predicted molar refractivity (Wildman–Crippen MR) is 79.0 cm³/mol. The Morgan fingerprint density at radius 3 is 2.62 bits per heavy atom. The normalized spacial score (nSPS) is 12.0. The summed E-state index contributed by atoms with van der Waals surface area (Å²) in [4.78, 5) is 11.8. The van der Waals surface area contributed by atoms with Crippen LogP contribution in [0.1, 0.15) is 29.2 Å². The molecule has 0 aromatic heterocycles. The number of aryl methyl sites for hydroxylation is 1. The van der Waals surface area contributed by atoms with Gasteiger partial charge in [0, 0.05) is 6.54 Å². The first kappa shape index (κ1) is 15.2. The summed E-state index contributed by atoms with van der Waals surface area (Å²) in [5.41, 5.74) is 2.56. The predicted octanol–water partition coefficient (Wildman–Crippen LogP) is 2.87. The Balaban J connectivity index is 1.85. The van der Waals surface area contributed by atoms with Crippen molar-refractivity contribution in [3.05, 3.63) is 71.0 Å². The molecular weight excluding hydrogens is 269 g/mol. The molecule has 0 aliphatic carbocycles. The fourth-order valence-electron chi connectivity index (χ4n) is 1.99. The van der Waals surface area contributed by atoms with Crippen molar-refractivity contribution in [2.24, 2.45) is 0 Å². The van der Waals surface area contributed by atoms with E-state index < -0.39 is 11.9 Å². The van der Waals surface area contributed by atoms with Crippen LogP contribution >= 0.6 is 0 Å². The molecule has 0 spiro atoms. The Kier molecular flexibility index (Phi) is 5.06. The van der Waals surface area contributed by atoms with Gasteiger partial charge >= 0.3 is 0 Å². The van der Waals surface area contributed by atoms with Gasteiger partial charge in [0.05, 0.1) is 12.5 Å². The number of carbonyl (C=O) groups excluding carboxylic acids is 1. The molecule has 0 aliphatic heterocycles. The Bertz CT molecular complexity index is 610. The number of hydrogen-bond donors (Lipinski definition) is 2. The van der Waals surface area contributed by atoms with Crippen LogP contribution in [0.3, 0.4) is 0 Å². The summed E-state index contributed by atoms with van der Waals surface area (Å²) in [7, 11) is 0. The quantitative estimate of drug-likeness (QED) is 0.888. The van der Waals surface area contributed by atoms with Gasteiger partial charge in [0.2, 0.25) is 5.91 Å². The molecule has 1 amide bonds. The van der Waals surface area contributed by atoms with Gasteiger partial charge in [-0.05, 0) is 30.2 Å². The second-order valence-electron chi connectivity index (χ2n) is 5.04. The highest BCUT2D eigenvalue weighted by Crippen LogP contribution is 2.17. The summed E-state index contributed by atoms with van der Waals surface area (Å²) in [6.45, 7) is 2.41. The number of halogens is 1. The zero-order chi connectivity index (χ0) is 15.2. The van der Waals surface area contributed by atoms with Crippen LogP contribution in [0.25, 0.3) is 0 Å². The van der Waals surface area contributed by atoms with Gasteiger partial charge in [-0.3, -0.25) is 4.79 Å². The number of aliphatic hydroxyl groups excluding tert-OH is 1. The van der Waals surface area contributed by atoms with E-state index in [-0.39, 0.29) is 12.3 Å². The van der Waals surface area contributed by atoms with Gasteiger partial charge in [0.1, 0.15) is 5.82 Å². The lowest BCUT2D eigenvalue weighted by molar-refractivity contribution is -0.123. The largest absolute Gasteiger partial charge is 0.388 e. The maximum absolute atomic E-state index is 13.1. The van der Waals surface area contributed by atoms with Crippen molar-refractivity contribution in [1.82, 2.24) is 5.32 Å². The lowest BCUT2D eigenvalue weighted by Crippen LogP contribution is -2.24. The Morgan fingerprint density at radius 2 is 1.95 bits per heavy atom. The second-order valence-corrected chi connectivity index (χ2v) is 5.04. The van der Waals surface area contributed by atoms with Gasteiger partial charge in [0.25, 0.3) is 0 Å². The molecule has 21 heavy (non-hydrogen) atoms. The highest BCUT2D eigenvalue weighted by Gasteiger charge is 2.13. The van der Waals surface area contributed by atoms with Gasteiger partial charge in [-0.15, -0.1) is 0 Å². The molecule has 0 fully saturated rings. The van der Waals surface area contributed by atoms with Crippen molar-refractivity contribution in [3.63, 3.8) is 0 Å². The maximum Gasteiger partial charge on any atom is 0.223 e. The molecule has 1 unspecified atom stereocenters. The maximum atomic E-state index is 13.1. The number of benzene rings is 2. The van der Waals surface area contributed by atoms with E-state index in [0.29, 0.717) is 12.1 Å². The van der Waals surface area contributed by atoms with E-state index in [1.807, 2.05) is 31.2 Å². The Morgan fingerprint density at radius 1 is 1.24 bits per heavy atom. The molecule has 2 aromatic rings. The van der Waals surface area contributed by atoms with E-state index in [1.54, 1.807) is 6.07 Å². The summed E-state index contributed by atoms with van der Waals surface area (Å²) < 4.78 is 13.1. The minimum atomic E-state index is -1.00. The third kappa shape index (κ3) is 4.68. The fourth-order valence-corrected chi connectivity index (χ4v) is 1.99. The van der Waals surface area contributed by atoms with Gasteiger partial charge < -0.3 is 10.4 Å². The number of aliphatic hydroxyl groups is 1. The monoisotopic (exact) mass is 287 g/mol. The highest BCUT2D eigenvalue weighted by atomic mass is 19.1. The number of nitrogens with one attached hydrogen (secondary N) is 1. The summed E-state index contributed by atoms with van der Waals surface area (Å²) in [5, 5.41) is 12.7. The van der Waals surface area contributed by atoms with E-state index in [9.17, 15) is 14.3 Å². The standard InChI is InChI=1S/C17H18FNO2/c1-12-5-7-13(8-6-12)11-19-17(21)10-16(20)14-3-2-4-15(18)9-14/h2-9,16,20H,10-11H2,1H3,(H,19,21). The molecule has 0 heterocycles. The van der Waals surface area contributed by atoms with E-state index in [4.69, 9.17) is 0 Å². The van der Waals surface area contributed by atoms with Crippen molar-refractivity contribution in [2.75, 3.05) is 0 Å². The third-order valence-corrected chi connectivity index (χ3v) is 3.22. The van der Waals surface area contributed by atoms with Gasteiger partial charge in [0.15, 0.2) is 0 Å². The first-order chi connectivity index (χ1) is 10.0. The summed E-state index contributed by atoms with van der Waals surface area (Å²) >= 11 is 0. The third-order valence-electron chi connectivity index (χ3n) is 3.22. The molecule has 2 rings (SSSR count). The van der Waals surface area contributed by atoms with Crippen LogP contribution in [0.5, 0.6) is 0 Å². The van der Waals surface area contributed by atoms with Crippen LogP contribution in [0.4, 0.5) is 4.39 Å². The van der Waals surface area contributed by atoms with Crippen LogP contribution < -0.4 is 5.32 Å². The first-order valence-electron chi connectivity index (χ1n) is 6.80. The molecule has 110 valence electrons. The fraction of sp³-hybridized carbons (Fsp3) is 0.235. The van der Waals surface area contributed by atoms with Crippen molar-refractivity contribution in [3.8, 4) is 0 Å². The molecule has 0 saturated carbocycles. The van der Waals surface area contributed by atoms with Crippen molar-refractivity contribution >= 4 is 5.91 Å². The Labute approximate surface area is 123 Å². The Hall–Kier alpha value is -2.20. The van der Waals surface area contributed by atoms with Crippen LogP contribution in [-0.2, 0) is 11.3 Å². The lowest BCUT2D eigenvalue weighted by Gasteiger charge is -2.11. The molecule has 2 aromatic carbocycles. The average molecular weight is 287 g/mol. The zero-order valence-electron chi connectivity index (χ0n) is 11.8. The molecular formula is C17H18FNO2. The number of hydrogen-bond acceptors (Lipinski definition) is 2. The SMILES string of the molecule is Cc1ccc(CNC(=O)CC(O)c2cccc(F)c2)cc1. The van der Waals surface area contributed by atoms with Crippen LogP contribution in [-0.4, -0.2) is 11.0 Å². The van der Waals surface area contributed by atoms with E-state index in [1.165, 1.54) is 18.2 Å². The van der Waals surface area contributed by atoms with Crippen LogP contribution in [0.15, 0.2) is 48.5 Å². The first-order valence-corrected chi connectivity index (χ1v) is 6.80. The molecule has 0 radical (unpaired) electrons. The zero-order valence-corrected chi connectivity index (χ0v) is 11.8. The molecule has 0 saturated heterocycles. The average Bonchev–Trinajstić information content (AvgIpc) is 2.46. The van der Waals surface area contributed by atoms with Crippen molar-refractivity contribution < 1.29 is 14.3 Å². The van der Waals surface area contributed by atoms with Crippen molar-refractivity contribution in [2.45, 2.75) is 26.0 Å². The molecule has 3 nitrogen and oxygen atoms in total. The van der Waals surface area contributed by atoms with Gasteiger partial charge in [-0.1, -0.05) is 42.0 Å². The van der Waals surface area contributed by atoms with Gasteiger partial charge in [-0.25, -0.2) is 4.39 Å². The topological polar surface area (TPSA) is 49.3 Å². The smallest absolute Gasteiger partial charge is 0.223 e. The van der Waals surface area contributed by atoms with E-state index in [2.05, 4.69) is 5.32 Å². The minimum absolute atomic E-state index is 0.0880. The summed E-state index contributed by atoms with van der Waals surface area (Å²) in [6, 6.07) is 13.5. The molecule has 4 heteroatoms. The van der Waals surface area contributed by atoms with Crippen molar-refractivity contribution in [1.29, 1.82) is 0 Å². The second kappa shape index (κ2) is 6.99. The molecule has 0 aliphatic rings. The van der Waals surface area contributed by atoms with Crippen LogP contribution in [0.2, 0.25) is 0 Å². The highest BCUT2D eigenvalue weighted by molar-refractivity contribution is 5.76. The summed E-state index contributed by atoms with van der Waals surface area (Å²) in [6.07, 6.45) is -1.09. The lowest BCUT2D eigenvalue weighted by atomic mass is 10.1. The number of carbonyl (C=O) groups is 1. The molecule has 0 bridgehead atoms. The van der Waals surface area contributed by atoms with E-state index >= 15 is 0 Å². The molecule has 1 atom stereocenters. The molecule has 2 N–H and O–H groups in total. The number of amides is 1. The summed E-state index contributed by atoms with van der Waals surface area (Å²) in [5.74, 6) is -0.695. The van der Waals surface area contributed by atoms with Gasteiger partial charge in [-0.2, -0.15) is 0 Å². The number of rotatable bonds is 5. The minimum Gasteiger partial charge on any atom is -0.388 e. The van der Waals surface area contributed by atoms with Crippen LogP contribution in [0, 0.1) is 12.7 Å². The van der Waals surface area contributed by atoms with E-state index in [0.717, 1.165) is 11.1 Å².